The largest absolute Gasteiger partial charge is 0.417 e. The lowest BCUT2D eigenvalue weighted by Crippen LogP contribution is -2.41. The topological polar surface area (TPSA) is 105 Å². The van der Waals surface area contributed by atoms with Crippen LogP contribution in [0.5, 0.6) is 0 Å². The van der Waals surface area contributed by atoms with Crippen LogP contribution in [-0.4, -0.2) is 47.1 Å². The molecule has 0 bridgehead atoms. The van der Waals surface area contributed by atoms with Gasteiger partial charge in [0.1, 0.15) is 6.04 Å². The Kier molecular flexibility index (Phi) is 3.77. The van der Waals surface area contributed by atoms with Gasteiger partial charge >= 0.3 is 11.8 Å². The average Bonchev–Trinajstić information content (AvgIpc) is 3.44. The number of aromatic amines is 1. The van der Waals surface area contributed by atoms with Crippen molar-refractivity contribution in [2.45, 2.75) is 44.6 Å². The van der Waals surface area contributed by atoms with Crippen LogP contribution in [0, 0.1) is 6.92 Å². The zero-order valence-electron chi connectivity index (χ0n) is 16.6. The van der Waals surface area contributed by atoms with Gasteiger partial charge < -0.3 is 14.3 Å². The van der Waals surface area contributed by atoms with E-state index in [1.54, 1.807) is 11.2 Å². The first-order valence-electron chi connectivity index (χ1n) is 10.3. The Morgan fingerprint density at radius 3 is 2.97 bits per heavy atom. The number of aryl methyl sites for hydroxylation is 1. The fourth-order valence-electron chi connectivity index (χ4n) is 4.37. The molecular formula is C21H21N7O2. The summed E-state index contributed by atoms with van der Waals surface area (Å²) in [6.07, 6.45) is 5.61. The van der Waals surface area contributed by atoms with E-state index < -0.39 is 6.04 Å². The number of imidazole rings is 1. The van der Waals surface area contributed by atoms with Crippen LogP contribution in [0.2, 0.25) is 0 Å². The predicted octanol–water partition coefficient (Wildman–Crippen LogP) is 2.80. The molecule has 30 heavy (non-hydrogen) atoms. The van der Waals surface area contributed by atoms with Crippen molar-refractivity contribution >= 4 is 11.4 Å². The predicted molar refractivity (Wildman–Crippen MR) is 106 cm³/mol. The maximum atomic E-state index is 13.4. The van der Waals surface area contributed by atoms with Crippen LogP contribution < -0.4 is 0 Å². The number of hydrogen-bond acceptors (Lipinski definition) is 6. The van der Waals surface area contributed by atoms with Crippen LogP contribution in [0.4, 0.5) is 0 Å². The molecule has 2 aliphatic rings. The standard InChI is InChI=1S/C21H21N7O2/c1-12-4-2-7-14-10-16(26-28(12)14)18-17-15(22-11-23-17)8-9-27(18)21(29)20-25-24-19(30-20)13-5-3-6-13/h2,4,7,10-11,13,18H,3,5-6,8-9H2,1H3,(H,22,23)/t18-/m1/s1. The highest BCUT2D eigenvalue weighted by Crippen LogP contribution is 2.37. The molecule has 1 saturated carbocycles. The van der Waals surface area contributed by atoms with E-state index >= 15 is 0 Å². The molecule has 1 aliphatic heterocycles. The summed E-state index contributed by atoms with van der Waals surface area (Å²) < 4.78 is 7.66. The molecule has 0 unspecified atom stereocenters. The van der Waals surface area contributed by atoms with Gasteiger partial charge in [0.05, 0.1) is 23.2 Å². The summed E-state index contributed by atoms with van der Waals surface area (Å²) in [6, 6.07) is 7.61. The maximum absolute atomic E-state index is 13.4. The molecule has 152 valence electrons. The van der Waals surface area contributed by atoms with Gasteiger partial charge in [-0.25, -0.2) is 9.50 Å². The molecule has 0 radical (unpaired) electrons. The number of pyridine rings is 1. The van der Waals surface area contributed by atoms with E-state index in [-0.39, 0.29) is 17.7 Å². The van der Waals surface area contributed by atoms with Crippen LogP contribution in [0.3, 0.4) is 0 Å². The van der Waals surface area contributed by atoms with E-state index in [2.05, 4.69) is 20.2 Å². The SMILES string of the molecule is Cc1cccc2cc([C@@H]3c4nc[nH]c4CCN3C(=O)c3nnc(C4CCC4)o3)nn12. The Bertz CT molecular complexity index is 1250. The third kappa shape index (κ3) is 2.58. The molecule has 1 aliphatic carbocycles. The van der Waals surface area contributed by atoms with Crippen LogP contribution in [0.15, 0.2) is 35.0 Å². The molecule has 5 heterocycles. The van der Waals surface area contributed by atoms with Gasteiger partial charge in [0, 0.05) is 30.3 Å². The Labute approximate surface area is 172 Å². The molecule has 0 saturated heterocycles. The number of rotatable bonds is 3. The second-order valence-corrected chi connectivity index (χ2v) is 8.06. The molecule has 4 aromatic heterocycles. The summed E-state index contributed by atoms with van der Waals surface area (Å²) in [7, 11) is 0. The second kappa shape index (κ2) is 6.51. The first kappa shape index (κ1) is 17.4. The molecule has 9 heteroatoms. The molecule has 0 aromatic carbocycles. The molecule has 1 amide bonds. The minimum absolute atomic E-state index is 0.0424. The van der Waals surface area contributed by atoms with Crippen molar-refractivity contribution in [2.24, 2.45) is 0 Å². The third-order valence-electron chi connectivity index (χ3n) is 6.24. The summed E-state index contributed by atoms with van der Waals surface area (Å²) in [4.78, 5) is 22.9. The molecule has 9 nitrogen and oxygen atoms in total. The fourth-order valence-corrected chi connectivity index (χ4v) is 4.37. The van der Waals surface area contributed by atoms with E-state index in [0.29, 0.717) is 18.9 Å². The van der Waals surface area contributed by atoms with Crippen molar-refractivity contribution in [1.29, 1.82) is 0 Å². The lowest BCUT2D eigenvalue weighted by atomic mass is 9.85. The van der Waals surface area contributed by atoms with Gasteiger partial charge in [-0.3, -0.25) is 4.79 Å². The Morgan fingerprint density at radius 1 is 1.27 bits per heavy atom. The van der Waals surface area contributed by atoms with Crippen molar-refractivity contribution in [3.8, 4) is 0 Å². The van der Waals surface area contributed by atoms with Gasteiger partial charge in [-0.15, -0.1) is 10.2 Å². The Hall–Kier alpha value is -3.49. The lowest BCUT2D eigenvalue weighted by Gasteiger charge is -2.32. The highest BCUT2D eigenvalue weighted by atomic mass is 16.4. The molecule has 0 spiro atoms. The molecule has 6 rings (SSSR count). The number of carbonyl (C=O) groups is 1. The minimum atomic E-state index is -0.411. The van der Waals surface area contributed by atoms with E-state index in [1.165, 1.54) is 6.42 Å². The number of nitrogens with zero attached hydrogens (tertiary/aromatic N) is 6. The number of amides is 1. The Balaban J connectivity index is 1.41. The summed E-state index contributed by atoms with van der Waals surface area (Å²) in [5.41, 5.74) is 4.61. The monoisotopic (exact) mass is 403 g/mol. The van der Waals surface area contributed by atoms with E-state index in [1.807, 2.05) is 35.7 Å². The van der Waals surface area contributed by atoms with Crippen molar-refractivity contribution in [1.82, 2.24) is 34.7 Å². The maximum Gasteiger partial charge on any atom is 0.312 e. The minimum Gasteiger partial charge on any atom is -0.417 e. The summed E-state index contributed by atoms with van der Waals surface area (Å²) >= 11 is 0. The second-order valence-electron chi connectivity index (χ2n) is 8.06. The van der Waals surface area contributed by atoms with E-state index in [0.717, 1.165) is 41.1 Å². The zero-order valence-corrected chi connectivity index (χ0v) is 16.6. The normalized spacial score (nSPS) is 19.1. The molecule has 4 aromatic rings. The number of carbonyl (C=O) groups excluding carboxylic acids is 1. The van der Waals surface area contributed by atoms with Gasteiger partial charge in [-0.05, 0) is 38.0 Å². The fraction of sp³-hybridized carbons (Fsp3) is 0.381. The number of fused-ring (bicyclic) bond motifs is 2. The van der Waals surface area contributed by atoms with Crippen molar-refractivity contribution in [3.63, 3.8) is 0 Å². The van der Waals surface area contributed by atoms with Gasteiger partial charge in [0.15, 0.2) is 0 Å². The lowest BCUT2D eigenvalue weighted by molar-refractivity contribution is 0.0642. The molecule has 1 fully saturated rings. The van der Waals surface area contributed by atoms with Crippen LogP contribution >= 0.6 is 0 Å². The third-order valence-corrected chi connectivity index (χ3v) is 6.24. The number of aromatic nitrogens is 6. The average molecular weight is 403 g/mol. The smallest absolute Gasteiger partial charge is 0.312 e. The molecular weight excluding hydrogens is 382 g/mol. The van der Waals surface area contributed by atoms with Crippen molar-refractivity contribution in [3.05, 3.63) is 65.1 Å². The summed E-state index contributed by atoms with van der Waals surface area (Å²) in [6.45, 7) is 2.53. The van der Waals surface area contributed by atoms with E-state index in [4.69, 9.17) is 9.52 Å². The number of nitrogens with one attached hydrogen (secondary N) is 1. The quantitative estimate of drug-likeness (QED) is 0.564. The van der Waals surface area contributed by atoms with Crippen LogP contribution in [-0.2, 0) is 6.42 Å². The highest BCUT2D eigenvalue weighted by Gasteiger charge is 2.38. The number of hydrogen-bond donors (Lipinski definition) is 1. The van der Waals surface area contributed by atoms with Crippen molar-refractivity contribution in [2.75, 3.05) is 6.54 Å². The Morgan fingerprint density at radius 2 is 2.17 bits per heavy atom. The first-order chi connectivity index (χ1) is 14.7. The summed E-state index contributed by atoms with van der Waals surface area (Å²) in [5, 5.41) is 13.0. The first-order valence-corrected chi connectivity index (χ1v) is 10.3. The van der Waals surface area contributed by atoms with Gasteiger partial charge in [0.2, 0.25) is 5.89 Å². The molecule has 1 N–H and O–H groups in total. The van der Waals surface area contributed by atoms with Gasteiger partial charge in [-0.1, -0.05) is 12.5 Å². The zero-order chi connectivity index (χ0) is 20.2. The molecule has 1 atom stereocenters. The van der Waals surface area contributed by atoms with Gasteiger partial charge in [-0.2, -0.15) is 5.10 Å². The van der Waals surface area contributed by atoms with Crippen LogP contribution in [0.1, 0.15) is 70.6 Å². The highest BCUT2D eigenvalue weighted by molar-refractivity contribution is 5.90. The van der Waals surface area contributed by atoms with Crippen LogP contribution in [0.25, 0.3) is 5.52 Å². The van der Waals surface area contributed by atoms with Crippen molar-refractivity contribution < 1.29 is 9.21 Å². The van der Waals surface area contributed by atoms with E-state index in [9.17, 15) is 4.79 Å². The number of H-pyrrole nitrogens is 1. The summed E-state index contributed by atoms with van der Waals surface area (Å²) in [5.74, 6) is 0.624. The van der Waals surface area contributed by atoms with Gasteiger partial charge in [0.25, 0.3) is 0 Å².